The molecule has 1 aliphatic carbocycles. The van der Waals surface area contributed by atoms with Gasteiger partial charge in [-0.25, -0.2) is 0 Å². The van der Waals surface area contributed by atoms with E-state index in [1.54, 1.807) is 0 Å². The molecule has 1 atom stereocenters. The third-order valence-corrected chi connectivity index (χ3v) is 2.83. The van der Waals surface area contributed by atoms with E-state index in [0.29, 0.717) is 17.6 Å². The Labute approximate surface area is 96.3 Å². The van der Waals surface area contributed by atoms with Crippen molar-refractivity contribution < 1.29 is 4.79 Å². The summed E-state index contributed by atoms with van der Waals surface area (Å²) in [4.78, 5) is 11.7. The van der Waals surface area contributed by atoms with Crippen LogP contribution in [-0.2, 0) is 4.79 Å². The highest BCUT2D eigenvalue weighted by Crippen LogP contribution is 2.17. The van der Waals surface area contributed by atoms with Crippen LogP contribution in [0.3, 0.4) is 0 Å². The molecule has 86 valence electrons. The average molecular weight is 231 g/mol. The van der Waals surface area contributed by atoms with E-state index in [-0.39, 0.29) is 11.9 Å². The lowest BCUT2D eigenvalue weighted by molar-refractivity contribution is -0.123. The molecule has 2 N–H and O–H groups in total. The van der Waals surface area contributed by atoms with Gasteiger partial charge in [-0.2, -0.15) is 0 Å². The van der Waals surface area contributed by atoms with Crippen molar-refractivity contribution in [1.29, 1.82) is 0 Å². The summed E-state index contributed by atoms with van der Waals surface area (Å²) in [5.41, 5.74) is 0. The van der Waals surface area contributed by atoms with Gasteiger partial charge in [0.2, 0.25) is 5.91 Å². The van der Waals surface area contributed by atoms with Crippen LogP contribution in [0.15, 0.2) is 11.6 Å². The lowest BCUT2D eigenvalue weighted by Gasteiger charge is -2.17. The summed E-state index contributed by atoms with van der Waals surface area (Å²) < 4.78 is 0. The standard InChI is InChI=1S/C11H19ClN2O/c1-8(12)7-13-9(2)11(15)14-10-5-3-4-6-10/h9-10,13H,1,3-7H2,2H3,(H,14,15). The number of nitrogens with one attached hydrogen (secondary N) is 2. The second-order valence-corrected chi connectivity index (χ2v) is 4.64. The van der Waals surface area contributed by atoms with Gasteiger partial charge in [-0.3, -0.25) is 4.79 Å². The molecule has 0 radical (unpaired) electrons. The van der Waals surface area contributed by atoms with E-state index in [1.165, 1.54) is 12.8 Å². The van der Waals surface area contributed by atoms with Crippen LogP contribution in [0.1, 0.15) is 32.6 Å². The van der Waals surface area contributed by atoms with Gasteiger partial charge >= 0.3 is 0 Å². The maximum absolute atomic E-state index is 11.7. The van der Waals surface area contributed by atoms with Crippen molar-refractivity contribution >= 4 is 17.5 Å². The molecule has 1 unspecified atom stereocenters. The maximum Gasteiger partial charge on any atom is 0.237 e. The molecular formula is C11H19ClN2O. The summed E-state index contributed by atoms with van der Waals surface area (Å²) in [5.74, 6) is 0.0554. The number of hydrogen-bond donors (Lipinski definition) is 2. The Morgan fingerprint density at radius 2 is 2.13 bits per heavy atom. The first-order valence-electron chi connectivity index (χ1n) is 5.46. The minimum absolute atomic E-state index is 0.0554. The third-order valence-electron chi connectivity index (χ3n) is 2.69. The normalized spacial score (nSPS) is 18.8. The number of carbonyl (C=O) groups is 1. The van der Waals surface area contributed by atoms with E-state index >= 15 is 0 Å². The fourth-order valence-electron chi connectivity index (χ4n) is 1.75. The molecule has 1 fully saturated rings. The van der Waals surface area contributed by atoms with Crippen molar-refractivity contribution in [3.05, 3.63) is 11.6 Å². The van der Waals surface area contributed by atoms with Crippen molar-refractivity contribution in [2.45, 2.75) is 44.7 Å². The predicted molar refractivity (Wildman–Crippen MR) is 62.9 cm³/mol. The fraction of sp³-hybridized carbons (Fsp3) is 0.727. The molecule has 1 saturated carbocycles. The molecule has 1 rings (SSSR count). The Bertz CT molecular complexity index is 237. The van der Waals surface area contributed by atoms with E-state index in [9.17, 15) is 4.79 Å². The van der Waals surface area contributed by atoms with E-state index in [1.807, 2.05) is 6.92 Å². The first-order valence-corrected chi connectivity index (χ1v) is 5.84. The van der Waals surface area contributed by atoms with Gasteiger partial charge in [0.15, 0.2) is 0 Å². The van der Waals surface area contributed by atoms with Crippen LogP contribution >= 0.6 is 11.6 Å². The predicted octanol–water partition coefficient (Wildman–Crippen LogP) is 1.78. The van der Waals surface area contributed by atoms with Gasteiger partial charge in [-0.1, -0.05) is 31.0 Å². The zero-order chi connectivity index (χ0) is 11.3. The SMILES string of the molecule is C=C(Cl)CNC(C)C(=O)NC1CCCC1. The Balaban J connectivity index is 2.22. The van der Waals surface area contributed by atoms with Gasteiger partial charge in [0.05, 0.1) is 6.04 Å². The Hall–Kier alpha value is -0.540. The molecule has 1 aliphatic rings. The molecule has 0 aromatic rings. The highest BCUT2D eigenvalue weighted by molar-refractivity contribution is 6.29. The van der Waals surface area contributed by atoms with Crippen LogP contribution in [0.2, 0.25) is 0 Å². The zero-order valence-corrected chi connectivity index (χ0v) is 9.94. The summed E-state index contributed by atoms with van der Waals surface area (Å²) in [7, 11) is 0. The van der Waals surface area contributed by atoms with Crippen LogP contribution in [-0.4, -0.2) is 24.5 Å². The van der Waals surface area contributed by atoms with E-state index < -0.39 is 0 Å². The van der Waals surface area contributed by atoms with Crippen LogP contribution in [0.25, 0.3) is 0 Å². The number of rotatable bonds is 5. The number of halogens is 1. The number of amides is 1. The van der Waals surface area contributed by atoms with Crippen molar-refractivity contribution in [2.24, 2.45) is 0 Å². The summed E-state index contributed by atoms with van der Waals surface area (Å²) in [6, 6.07) is 0.169. The molecule has 4 heteroatoms. The molecular weight excluding hydrogens is 212 g/mol. The van der Waals surface area contributed by atoms with Crippen molar-refractivity contribution in [1.82, 2.24) is 10.6 Å². The fourth-order valence-corrected chi connectivity index (χ4v) is 1.83. The van der Waals surface area contributed by atoms with Gasteiger partial charge in [-0.15, -0.1) is 0 Å². The highest BCUT2D eigenvalue weighted by atomic mass is 35.5. The maximum atomic E-state index is 11.7. The second-order valence-electron chi connectivity index (χ2n) is 4.11. The Kier molecular flexibility index (Phi) is 5.12. The van der Waals surface area contributed by atoms with Gasteiger partial charge in [0.1, 0.15) is 0 Å². The highest BCUT2D eigenvalue weighted by Gasteiger charge is 2.20. The minimum atomic E-state index is -0.207. The van der Waals surface area contributed by atoms with Gasteiger partial charge < -0.3 is 10.6 Å². The summed E-state index contributed by atoms with van der Waals surface area (Å²) in [6.45, 7) is 5.87. The lowest BCUT2D eigenvalue weighted by atomic mass is 10.2. The van der Waals surface area contributed by atoms with E-state index in [0.717, 1.165) is 12.8 Å². The van der Waals surface area contributed by atoms with Crippen LogP contribution < -0.4 is 10.6 Å². The van der Waals surface area contributed by atoms with Crippen molar-refractivity contribution in [3.63, 3.8) is 0 Å². The minimum Gasteiger partial charge on any atom is -0.352 e. The molecule has 15 heavy (non-hydrogen) atoms. The summed E-state index contributed by atoms with van der Waals surface area (Å²) in [5, 5.41) is 6.56. The van der Waals surface area contributed by atoms with Gasteiger partial charge in [0.25, 0.3) is 0 Å². The summed E-state index contributed by atoms with van der Waals surface area (Å²) in [6.07, 6.45) is 4.68. The first kappa shape index (κ1) is 12.5. The van der Waals surface area contributed by atoms with Crippen LogP contribution in [0, 0.1) is 0 Å². The van der Waals surface area contributed by atoms with Gasteiger partial charge in [-0.05, 0) is 19.8 Å². The zero-order valence-electron chi connectivity index (χ0n) is 9.18. The lowest BCUT2D eigenvalue weighted by Crippen LogP contribution is -2.45. The molecule has 0 spiro atoms. The largest absolute Gasteiger partial charge is 0.352 e. The molecule has 0 heterocycles. The van der Waals surface area contributed by atoms with Crippen molar-refractivity contribution in [2.75, 3.05) is 6.54 Å². The quantitative estimate of drug-likeness (QED) is 0.756. The topological polar surface area (TPSA) is 41.1 Å². The first-order chi connectivity index (χ1) is 7.09. The van der Waals surface area contributed by atoms with Gasteiger partial charge in [0, 0.05) is 17.6 Å². The Morgan fingerprint density at radius 3 is 2.67 bits per heavy atom. The van der Waals surface area contributed by atoms with Crippen molar-refractivity contribution in [3.8, 4) is 0 Å². The smallest absolute Gasteiger partial charge is 0.237 e. The Morgan fingerprint density at radius 1 is 1.53 bits per heavy atom. The summed E-state index contributed by atoms with van der Waals surface area (Å²) >= 11 is 5.61. The molecule has 0 bridgehead atoms. The third kappa shape index (κ3) is 4.67. The molecule has 1 amide bonds. The van der Waals surface area contributed by atoms with Crippen LogP contribution in [0.5, 0.6) is 0 Å². The monoisotopic (exact) mass is 230 g/mol. The van der Waals surface area contributed by atoms with Crippen LogP contribution in [0.4, 0.5) is 0 Å². The molecule has 0 aliphatic heterocycles. The number of hydrogen-bond acceptors (Lipinski definition) is 2. The number of carbonyl (C=O) groups excluding carboxylic acids is 1. The molecule has 3 nitrogen and oxygen atoms in total. The van der Waals surface area contributed by atoms with E-state index in [2.05, 4.69) is 17.2 Å². The average Bonchev–Trinajstić information content (AvgIpc) is 2.66. The molecule has 0 saturated heterocycles. The molecule has 0 aromatic carbocycles. The second kappa shape index (κ2) is 6.13. The van der Waals surface area contributed by atoms with E-state index in [4.69, 9.17) is 11.6 Å². The molecule has 0 aromatic heterocycles.